The molecule has 0 atom stereocenters. The molecule has 1 amide bonds. The fourth-order valence-electron chi connectivity index (χ4n) is 2.06. The summed E-state index contributed by atoms with van der Waals surface area (Å²) in [5.74, 6) is -0.491. The third-order valence-electron chi connectivity index (χ3n) is 3.26. The second-order valence-electron chi connectivity index (χ2n) is 5.01. The number of aryl methyl sites for hydroxylation is 1. The first-order valence-electron chi connectivity index (χ1n) is 7.30. The van der Waals surface area contributed by atoms with Crippen LogP contribution >= 0.6 is 0 Å². The molecule has 0 aliphatic heterocycles. The summed E-state index contributed by atoms with van der Waals surface area (Å²) >= 11 is 0. The van der Waals surface area contributed by atoms with E-state index < -0.39 is 17.8 Å². The van der Waals surface area contributed by atoms with E-state index in [2.05, 4.69) is 14.8 Å². The van der Waals surface area contributed by atoms with Gasteiger partial charge in [-0.1, -0.05) is 0 Å². The van der Waals surface area contributed by atoms with Gasteiger partial charge in [-0.2, -0.15) is 0 Å². The molecule has 1 heterocycles. The van der Waals surface area contributed by atoms with E-state index in [1.807, 2.05) is 0 Å². The molecule has 0 aliphatic rings. The van der Waals surface area contributed by atoms with Crippen LogP contribution in [0.1, 0.15) is 32.2 Å². The lowest BCUT2D eigenvalue weighted by atomic mass is 10.1. The molecule has 2 rings (SSSR count). The van der Waals surface area contributed by atoms with Crippen molar-refractivity contribution in [1.29, 1.82) is 0 Å². The molecule has 1 aromatic heterocycles. The minimum Gasteiger partial charge on any atom is -0.465 e. The molecule has 0 aliphatic carbocycles. The van der Waals surface area contributed by atoms with E-state index in [1.165, 1.54) is 44.6 Å². The number of ether oxygens (including phenoxy) is 2. The van der Waals surface area contributed by atoms with Crippen LogP contribution in [-0.4, -0.2) is 32.1 Å². The maximum absolute atomic E-state index is 12.1. The van der Waals surface area contributed by atoms with Crippen molar-refractivity contribution >= 4 is 29.6 Å². The van der Waals surface area contributed by atoms with Gasteiger partial charge >= 0.3 is 11.9 Å². The van der Waals surface area contributed by atoms with Gasteiger partial charge in [0.25, 0.3) is 0 Å². The van der Waals surface area contributed by atoms with Crippen molar-refractivity contribution in [2.24, 2.45) is 0 Å². The van der Waals surface area contributed by atoms with E-state index in [0.717, 1.165) is 5.76 Å². The molecule has 7 heteroatoms. The fourth-order valence-corrected chi connectivity index (χ4v) is 2.06. The van der Waals surface area contributed by atoms with Crippen molar-refractivity contribution in [3.63, 3.8) is 0 Å². The van der Waals surface area contributed by atoms with E-state index in [-0.39, 0.29) is 16.8 Å². The zero-order chi connectivity index (χ0) is 18.4. The summed E-state index contributed by atoms with van der Waals surface area (Å²) in [5.41, 5.74) is 0.446. The van der Waals surface area contributed by atoms with Crippen LogP contribution in [0.15, 0.2) is 40.8 Å². The summed E-state index contributed by atoms with van der Waals surface area (Å²) in [7, 11) is 2.46. The summed E-state index contributed by atoms with van der Waals surface area (Å²) in [6.45, 7) is 1.79. The normalized spacial score (nSPS) is 10.5. The van der Waals surface area contributed by atoms with Crippen LogP contribution in [0.25, 0.3) is 6.08 Å². The highest BCUT2D eigenvalue weighted by Crippen LogP contribution is 2.20. The number of esters is 2. The van der Waals surface area contributed by atoms with Crippen LogP contribution in [0.4, 0.5) is 5.69 Å². The average Bonchev–Trinajstić information content (AvgIpc) is 3.04. The predicted octanol–water partition coefficient (Wildman–Crippen LogP) is 2.81. The second kappa shape index (κ2) is 7.96. The minimum absolute atomic E-state index is 0.116. The average molecular weight is 343 g/mol. The van der Waals surface area contributed by atoms with Crippen molar-refractivity contribution < 1.29 is 28.3 Å². The van der Waals surface area contributed by atoms with Gasteiger partial charge in [0.1, 0.15) is 11.5 Å². The topological polar surface area (TPSA) is 94.8 Å². The Morgan fingerprint density at radius 3 is 2.36 bits per heavy atom. The first kappa shape index (κ1) is 18.0. The molecule has 2 aromatic rings. The number of amides is 1. The van der Waals surface area contributed by atoms with Crippen LogP contribution in [0.5, 0.6) is 0 Å². The Hall–Kier alpha value is -3.35. The summed E-state index contributed by atoms with van der Waals surface area (Å²) in [6.07, 6.45) is 2.74. The molecular formula is C18H17NO6. The van der Waals surface area contributed by atoms with Gasteiger partial charge in [-0.3, -0.25) is 4.79 Å². The van der Waals surface area contributed by atoms with Gasteiger partial charge in [-0.15, -0.1) is 0 Å². The number of rotatable bonds is 5. The molecule has 130 valence electrons. The van der Waals surface area contributed by atoms with E-state index >= 15 is 0 Å². The van der Waals surface area contributed by atoms with Gasteiger partial charge < -0.3 is 19.2 Å². The predicted molar refractivity (Wildman–Crippen MR) is 90.2 cm³/mol. The lowest BCUT2D eigenvalue weighted by Crippen LogP contribution is -2.14. The lowest BCUT2D eigenvalue weighted by Gasteiger charge is -2.10. The van der Waals surface area contributed by atoms with Crippen molar-refractivity contribution in [1.82, 2.24) is 0 Å². The molecule has 0 fully saturated rings. The highest BCUT2D eigenvalue weighted by Gasteiger charge is 2.16. The number of nitrogens with one attached hydrogen (secondary N) is 1. The Bertz CT molecular complexity index is 834. The van der Waals surface area contributed by atoms with Crippen molar-refractivity contribution in [3.8, 4) is 0 Å². The quantitative estimate of drug-likeness (QED) is 0.662. The summed E-state index contributed by atoms with van der Waals surface area (Å²) in [5, 5.41) is 2.55. The number of carbonyl (C=O) groups excluding carboxylic acids is 3. The van der Waals surface area contributed by atoms with Gasteiger partial charge in [0.2, 0.25) is 5.91 Å². The SMILES string of the molecule is COC(=O)c1ccc(C(=O)OC)c(NC(=O)C=Cc2ccc(C)o2)c1. The molecular weight excluding hydrogens is 326 g/mol. The van der Waals surface area contributed by atoms with Crippen LogP contribution in [0, 0.1) is 6.92 Å². The molecule has 0 saturated carbocycles. The van der Waals surface area contributed by atoms with Crippen LogP contribution < -0.4 is 5.32 Å². The molecule has 7 nitrogen and oxygen atoms in total. The van der Waals surface area contributed by atoms with Gasteiger partial charge in [-0.25, -0.2) is 9.59 Å². The Labute approximate surface area is 144 Å². The summed E-state index contributed by atoms with van der Waals surface area (Å²) < 4.78 is 14.6. The molecule has 0 unspecified atom stereocenters. The van der Waals surface area contributed by atoms with E-state index in [4.69, 9.17) is 4.42 Å². The number of anilines is 1. The zero-order valence-corrected chi connectivity index (χ0v) is 14.0. The van der Waals surface area contributed by atoms with E-state index in [1.54, 1.807) is 19.1 Å². The number of benzene rings is 1. The third kappa shape index (κ3) is 4.57. The Morgan fingerprint density at radius 1 is 1.04 bits per heavy atom. The number of furan rings is 1. The summed E-state index contributed by atoms with van der Waals surface area (Å²) in [6, 6.07) is 7.63. The van der Waals surface area contributed by atoms with Gasteiger partial charge in [0.15, 0.2) is 0 Å². The highest BCUT2D eigenvalue weighted by atomic mass is 16.5. The fraction of sp³-hybridized carbons (Fsp3) is 0.167. The summed E-state index contributed by atoms with van der Waals surface area (Å²) in [4.78, 5) is 35.6. The van der Waals surface area contributed by atoms with Crippen LogP contribution in [0.3, 0.4) is 0 Å². The largest absolute Gasteiger partial charge is 0.465 e. The third-order valence-corrected chi connectivity index (χ3v) is 3.26. The smallest absolute Gasteiger partial charge is 0.339 e. The van der Waals surface area contributed by atoms with E-state index in [9.17, 15) is 14.4 Å². The number of methoxy groups -OCH3 is 2. The number of hydrogen-bond acceptors (Lipinski definition) is 6. The first-order chi connectivity index (χ1) is 11.9. The first-order valence-corrected chi connectivity index (χ1v) is 7.30. The van der Waals surface area contributed by atoms with E-state index in [0.29, 0.717) is 5.76 Å². The Balaban J connectivity index is 2.25. The van der Waals surface area contributed by atoms with Gasteiger partial charge in [0, 0.05) is 6.08 Å². The molecule has 0 bridgehead atoms. The molecule has 1 N–H and O–H groups in total. The Kier molecular flexibility index (Phi) is 5.73. The van der Waals surface area contributed by atoms with Crippen molar-refractivity contribution in [3.05, 3.63) is 59.1 Å². The maximum Gasteiger partial charge on any atom is 0.339 e. The van der Waals surface area contributed by atoms with Gasteiger partial charge in [0.05, 0.1) is 31.0 Å². The molecule has 0 radical (unpaired) electrons. The maximum atomic E-state index is 12.1. The number of carbonyl (C=O) groups is 3. The van der Waals surface area contributed by atoms with Crippen molar-refractivity contribution in [2.45, 2.75) is 6.92 Å². The lowest BCUT2D eigenvalue weighted by molar-refractivity contribution is -0.111. The monoisotopic (exact) mass is 343 g/mol. The van der Waals surface area contributed by atoms with Gasteiger partial charge in [-0.05, 0) is 43.3 Å². The number of hydrogen-bond donors (Lipinski definition) is 1. The van der Waals surface area contributed by atoms with Crippen LogP contribution in [-0.2, 0) is 14.3 Å². The molecule has 0 saturated heterocycles. The van der Waals surface area contributed by atoms with Crippen LogP contribution in [0.2, 0.25) is 0 Å². The second-order valence-corrected chi connectivity index (χ2v) is 5.01. The van der Waals surface area contributed by atoms with Crippen molar-refractivity contribution in [2.75, 3.05) is 19.5 Å². The Morgan fingerprint density at radius 2 is 1.76 bits per heavy atom. The molecule has 25 heavy (non-hydrogen) atoms. The zero-order valence-electron chi connectivity index (χ0n) is 14.0. The minimum atomic E-state index is -0.641. The standard InChI is InChI=1S/C18H17NO6/c1-11-4-6-13(25-11)7-9-16(20)19-15-10-12(17(21)23-2)5-8-14(15)18(22)24-3/h4-10H,1-3H3,(H,19,20). The highest BCUT2D eigenvalue weighted by molar-refractivity contribution is 6.07. The molecule has 1 aromatic carbocycles. The molecule has 0 spiro atoms.